The van der Waals surface area contributed by atoms with Crippen molar-refractivity contribution in [1.29, 1.82) is 0 Å². The van der Waals surface area contributed by atoms with Gasteiger partial charge in [-0.1, -0.05) is 0 Å². The second kappa shape index (κ2) is 5.06. The molecule has 0 radical (unpaired) electrons. The first-order valence-electron chi connectivity index (χ1n) is 4.76. The van der Waals surface area contributed by atoms with Crippen molar-refractivity contribution in [3.8, 4) is 0 Å². The Hall–Kier alpha value is -1.80. The Kier molecular flexibility index (Phi) is 4.06. The minimum atomic E-state index is -5.04. The number of nitrogens with zero attached hydrogens (tertiary/aromatic N) is 1. The molecule has 0 aliphatic carbocycles. The van der Waals surface area contributed by atoms with Crippen LogP contribution in [0, 0.1) is 0 Å². The fourth-order valence-corrected chi connectivity index (χ4v) is 1.24. The number of ether oxygens (including phenoxy) is 1. The number of aromatic nitrogens is 1. The first kappa shape index (κ1) is 15.3. The van der Waals surface area contributed by atoms with Crippen LogP contribution in [0.3, 0.4) is 0 Å². The number of methoxy groups -OCH3 is 1. The summed E-state index contributed by atoms with van der Waals surface area (Å²) in [6.07, 6.45) is -10.6. The standard InChI is InChI=1S/C10H7F6NO2/c1-19-8(18)3-7-6(10(14,15)16)2-5(4-17-7)9(11,12)13/h2,4H,3H2,1H3. The normalized spacial score (nSPS) is 12.4. The van der Waals surface area contributed by atoms with Gasteiger partial charge in [-0.05, 0) is 6.07 Å². The van der Waals surface area contributed by atoms with Crippen molar-refractivity contribution >= 4 is 5.97 Å². The van der Waals surface area contributed by atoms with Crippen LogP contribution in [0.1, 0.15) is 16.8 Å². The van der Waals surface area contributed by atoms with Crippen molar-refractivity contribution < 1.29 is 35.9 Å². The van der Waals surface area contributed by atoms with E-state index in [0.29, 0.717) is 0 Å². The van der Waals surface area contributed by atoms with E-state index in [4.69, 9.17) is 0 Å². The van der Waals surface area contributed by atoms with Crippen LogP contribution >= 0.6 is 0 Å². The van der Waals surface area contributed by atoms with E-state index in [1.165, 1.54) is 0 Å². The zero-order chi connectivity index (χ0) is 14.8. The minimum Gasteiger partial charge on any atom is -0.469 e. The lowest BCUT2D eigenvalue weighted by atomic mass is 10.1. The molecule has 0 saturated carbocycles. The Morgan fingerprint density at radius 3 is 2.21 bits per heavy atom. The number of hydrogen-bond donors (Lipinski definition) is 0. The molecule has 1 aromatic rings. The molecule has 0 spiro atoms. The maximum Gasteiger partial charge on any atom is 0.418 e. The summed E-state index contributed by atoms with van der Waals surface area (Å²) in [5.41, 5.74) is -3.95. The van der Waals surface area contributed by atoms with Crippen LogP contribution in [0.15, 0.2) is 12.3 Å². The van der Waals surface area contributed by atoms with Crippen molar-refractivity contribution in [2.24, 2.45) is 0 Å². The van der Waals surface area contributed by atoms with E-state index in [9.17, 15) is 31.1 Å². The molecule has 106 valence electrons. The van der Waals surface area contributed by atoms with Crippen LogP contribution in [0.2, 0.25) is 0 Å². The molecule has 0 fully saturated rings. The predicted molar refractivity (Wildman–Crippen MR) is 50.0 cm³/mol. The van der Waals surface area contributed by atoms with Gasteiger partial charge in [-0.15, -0.1) is 0 Å². The largest absolute Gasteiger partial charge is 0.469 e. The number of pyridine rings is 1. The highest BCUT2D eigenvalue weighted by molar-refractivity contribution is 5.72. The summed E-state index contributed by atoms with van der Waals surface area (Å²) < 4.78 is 78.9. The monoisotopic (exact) mass is 287 g/mol. The highest BCUT2D eigenvalue weighted by Gasteiger charge is 2.39. The second-order valence-electron chi connectivity index (χ2n) is 3.47. The van der Waals surface area contributed by atoms with Crippen molar-refractivity contribution in [2.75, 3.05) is 7.11 Å². The van der Waals surface area contributed by atoms with Crippen molar-refractivity contribution in [3.05, 3.63) is 29.1 Å². The summed E-state index contributed by atoms with van der Waals surface area (Å²) in [7, 11) is 0.944. The summed E-state index contributed by atoms with van der Waals surface area (Å²) in [6, 6.07) is -0.0781. The van der Waals surface area contributed by atoms with E-state index in [2.05, 4.69) is 9.72 Å². The zero-order valence-electron chi connectivity index (χ0n) is 9.39. The van der Waals surface area contributed by atoms with E-state index >= 15 is 0 Å². The summed E-state index contributed by atoms with van der Waals surface area (Å²) >= 11 is 0. The Balaban J connectivity index is 3.29. The number of halogens is 6. The van der Waals surface area contributed by atoms with Crippen LogP contribution < -0.4 is 0 Å². The summed E-state index contributed by atoms with van der Waals surface area (Å²) in [5.74, 6) is -1.03. The Labute approximate surface area is 103 Å². The van der Waals surface area contributed by atoms with Gasteiger partial charge in [-0.3, -0.25) is 9.78 Å². The average molecular weight is 287 g/mol. The first-order chi connectivity index (χ1) is 8.55. The summed E-state index contributed by atoms with van der Waals surface area (Å²) in [5, 5.41) is 0. The quantitative estimate of drug-likeness (QED) is 0.620. The number of esters is 1. The number of hydrogen-bond acceptors (Lipinski definition) is 3. The minimum absolute atomic E-state index is 0.0781. The van der Waals surface area contributed by atoms with Gasteiger partial charge >= 0.3 is 18.3 Å². The van der Waals surface area contributed by atoms with Crippen molar-refractivity contribution in [1.82, 2.24) is 4.98 Å². The molecule has 1 aromatic heterocycles. The molecule has 0 aliphatic rings. The Morgan fingerprint density at radius 1 is 1.21 bits per heavy atom. The molecule has 1 rings (SSSR count). The van der Waals surface area contributed by atoms with Gasteiger partial charge in [-0.2, -0.15) is 26.3 Å². The lowest BCUT2D eigenvalue weighted by Gasteiger charge is -2.14. The number of carbonyl (C=O) groups excluding carboxylic acids is 1. The van der Waals surface area contributed by atoms with E-state index in [-0.39, 0.29) is 12.3 Å². The van der Waals surface area contributed by atoms with E-state index < -0.39 is 41.6 Å². The molecule has 0 aromatic carbocycles. The molecule has 1 heterocycles. The van der Waals surface area contributed by atoms with Crippen LogP contribution in [0.25, 0.3) is 0 Å². The predicted octanol–water partition coefficient (Wildman–Crippen LogP) is 2.83. The molecule has 0 atom stereocenters. The molecule has 19 heavy (non-hydrogen) atoms. The molecular formula is C10H7F6NO2. The average Bonchev–Trinajstić information content (AvgIpc) is 2.26. The molecule has 0 bridgehead atoms. The molecule has 0 aliphatic heterocycles. The fourth-order valence-electron chi connectivity index (χ4n) is 1.24. The third kappa shape index (κ3) is 3.83. The SMILES string of the molecule is COC(=O)Cc1ncc(C(F)(F)F)cc1C(F)(F)F. The van der Waals surface area contributed by atoms with Gasteiger partial charge in [0.05, 0.1) is 30.4 Å². The summed E-state index contributed by atoms with van der Waals surface area (Å²) in [4.78, 5) is 13.9. The topological polar surface area (TPSA) is 39.2 Å². The maximum absolute atomic E-state index is 12.6. The lowest BCUT2D eigenvalue weighted by Crippen LogP contribution is -2.17. The molecule has 9 heteroatoms. The van der Waals surface area contributed by atoms with Crippen molar-refractivity contribution in [2.45, 2.75) is 18.8 Å². The maximum atomic E-state index is 12.6. The highest BCUT2D eigenvalue weighted by Crippen LogP contribution is 2.36. The molecule has 0 amide bonds. The third-order valence-corrected chi connectivity index (χ3v) is 2.14. The number of rotatable bonds is 2. The van der Waals surface area contributed by atoms with Gasteiger partial charge in [0.15, 0.2) is 0 Å². The highest BCUT2D eigenvalue weighted by atomic mass is 19.4. The van der Waals surface area contributed by atoms with Gasteiger partial charge in [0.25, 0.3) is 0 Å². The molecule has 0 saturated heterocycles. The van der Waals surface area contributed by atoms with Crippen LogP contribution in [0.5, 0.6) is 0 Å². The van der Waals surface area contributed by atoms with Gasteiger partial charge in [0.2, 0.25) is 0 Å². The smallest absolute Gasteiger partial charge is 0.418 e. The summed E-state index contributed by atoms with van der Waals surface area (Å²) in [6.45, 7) is 0. The Morgan fingerprint density at radius 2 is 1.79 bits per heavy atom. The number of carbonyl (C=O) groups is 1. The van der Waals surface area contributed by atoms with Crippen LogP contribution in [-0.4, -0.2) is 18.1 Å². The van der Waals surface area contributed by atoms with E-state index in [1.54, 1.807) is 0 Å². The molecule has 3 nitrogen and oxygen atoms in total. The number of alkyl halides is 6. The first-order valence-corrected chi connectivity index (χ1v) is 4.76. The molecular weight excluding hydrogens is 280 g/mol. The molecule has 0 unspecified atom stereocenters. The van der Waals surface area contributed by atoms with Gasteiger partial charge in [0, 0.05) is 6.20 Å². The lowest BCUT2D eigenvalue weighted by molar-refractivity contribution is -0.144. The zero-order valence-corrected chi connectivity index (χ0v) is 9.39. The fraction of sp³-hybridized carbons (Fsp3) is 0.400. The van der Waals surface area contributed by atoms with Crippen LogP contribution in [-0.2, 0) is 28.3 Å². The van der Waals surface area contributed by atoms with Crippen molar-refractivity contribution in [3.63, 3.8) is 0 Å². The molecule has 0 N–H and O–H groups in total. The van der Waals surface area contributed by atoms with E-state index in [0.717, 1.165) is 7.11 Å². The van der Waals surface area contributed by atoms with Gasteiger partial charge in [-0.25, -0.2) is 0 Å². The van der Waals surface area contributed by atoms with E-state index in [1.807, 2.05) is 0 Å². The third-order valence-electron chi connectivity index (χ3n) is 2.14. The Bertz CT molecular complexity index is 480. The van der Waals surface area contributed by atoms with Gasteiger partial charge in [0.1, 0.15) is 0 Å². The second-order valence-corrected chi connectivity index (χ2v) is 3.47. The van der Waals surface area contributed by atoms with Crippen LogP contribution in [0.4, 0.5) is 26.3 Å². The van der Waals surface area contributed by atoms with Gasteiger partial charge < -0.3 is 4.74 Å².